The first-order chi connectivity index (χ1) is 10.5. The Balaban J connectivity index is 1.93. The Morgan fingerprint density at radius 1 is 1.32 bits per heavy atom. The van der Waals surface area contributed by atoms with Gasteiger partial charge in [-0.3, -0.25) is 4.79 Å². The van der Waals surface area contributed by atoms with Gasteiger partial charge in [-0.25, -0.2) is 0 Å². The van der Waals surface area contributed by atoms with Crippen LogP contribution in [0.15, 0.2) is 72.2 Å². The Morgan fingerprint density at radius 3 is 2.82 bits per heavy atom. The summed E-state index contributed by atoms with van der Waals surface area (Å²) in [5.74, 6) is -0.532. The van der Waals surface area contributed by atoms with Crippen LogP contribution in [0.3, 0.4) is 0 Å². The lowest BCUT2D eigenvalue weighted by Crippen LogP contribution is -2.39. The molecule has 0 radical (unpaired) electrons. The Labute approximate surface area is 132 Å². The summed E-state index contributed by atoms with van der Waals surface area (Å²) >= 11 is 5.96. The maximum absolute atomic E-state index is 12.6. The number of nitrogens with zero attached hydrogens (tertiary/aromatic N) is 2. The molecule has 0 atom stereocenters. The Kier molecular flexibility index (Phi) is 3.42. The van der Waals surface area contributed by atoms with Crippen LogP contribution in [-0.2, 0) is 11.3 Å². The number of amides is 1. The maximum atomic E-state index is 12.6. The minimum atomic E-state index is -0.329. The number of nitrogens with two attached hydrogens (primary N) is 1. The fourth-order valence-electron chi connectivity index (χ4n) is 2.34. The van der Waals surface area contributed by atoms with Crippen molar-refractivity contribution in [3.63, 3.8) is 0 Å². The number of aliphatic hydroxyl groups is 1. The normalized spacial score (nSPS) is 17.8. The second-order valence-corrected chi connectivity index (χ2v) is 5.47. The highest BCUT2D eigenvalue weighted by atomic mass is 35.5. The van der Waals surface area contributed by atoms with Gasteiger partial charge in [-0.15, -0.1) is 0 Å². The second kappa shape index (κ2) is 5.27. The molecule has 0 saturated carbocycles. The van der Waals surface area contributed by atoms with Crippen LogP contribution in [0.4, 0.5) is 0 Å². The largest absolute Gasteiger partial charge is 0.505 e. The highest BCUT2D eigenvalue weighted by Gasteiger charge is 2.32. The number of hydrogen-bond acceptors (Lipinski definition) is 4. The van der Waals surface area contributed by atoms with Gasteiger partial charge < -0.3 is 20.6 Å². The topological polar surface area (TPSA) is 69.8 Å². The van der Waals surface area contributed by atoms with Crippen LogP contribution >= 0.6 is 11.6 Å². The van der Waals surface area contributed by atoms with E-state index in [0.717, 1.165) is 5.56 Å². The van der Waals surface area contributed by atoms with E-state index in [-0.39, 0.29) is 22.9 Å². The summed E-state index contributed by atoms with van der Waals surface area (Å²) in [5, 5.41) is 10.8. The molecule has 0 aromatic heterocycles. The summed E-state index contributed by atoms with van der Waals surface area (Å²) in [7, 11) is 0. The van der Waals surface area contributed by atoms with Crippen molar-refractivity contribution < 1.29 is 9.90 Å². The standard InChI is InChI=1S/C16H14ClN3O2/c1-10-13(18)9-19-5-6-20(16(22)14(19)15(10)21)8-11-3-2-4-12(17)7-11/h2-7,9,21H,1,8,18H2. The van der Waals surface area contributed by atoms with Crippen molar-refractivity contribution in [1.29, 1.82) is 0 Å². The van der Waals surface area contributed by atoms with E-state index < -0.39 is 0 Å². The lowest BCUT2D eigenvalue weighted by molar-refractivity contribution is -0.127. The van der Waals surface area contributed by atoms with E-state index in [1.807, 2.05) is 12.1 Å². The summed E-state index contributed by atoms with van der Waals surface area (Å²) < 4.78 is 0. The van der Waals surface area contributed by atoms with Crippen LogP contribution in [0.5, 0.6) is 0 Å². The molecule has 0 aliphatic carbocycles. The molecule has 0 bridgehead atoms. The van der Waals surface area contributed by atoms with Crippen molar-refractivity contribution >= 4 is 17.5 Å². The average Bonchev–Trinajstić information content (AvgIpc) is 2.48. The number of aliphatic hydroxyl groups excluding tert-OH is 1. The van der Waals surface area contributed by atoms with E-state index >= 15 is 0 Å². The van der Waals surface area contributed by atoms with Gasteiger partial charge in [0.15, 0.2) is 11.5 Å². The molecule has 22 heavy (non-hydrogen) atoms. The molecule has 3 rings (SSSR count). The SMILES string of the molecule is C=C1C(N)=CN2C=CN(Cc3cccc(Cl)c3)C(=O)C2=C1O. The van der Waals surface area contributed by atoms with Gasteiger partial charge in [-0.1, -0.05) is 30.3 Å². The van der Waals surface area contributed by atoms with E-state index in [1.165, 1.54) is 9.80 Å². The van der Waals surface area contributed by atoms with Crippen LogP contribution in [0, 0.1) is 0 Å². The molecular formula is C16H14ClN3O2. The molecule has 5 nitrogen and oxygen atoms in total. The lowest BCUT2D eigenvalue weighted by Gasteiger charge is -2.33. The van der Waals surface area contributed by atoms with Crippen LogP contribution in [0.1, 0.15) is 5.56 Å². The third-order valence-electron chi connectivity index (χ3n) is 3.51. The molecule has 1 aromatic rings. The smallest absolute Gasteiger partial charge is 0.279 e. The third-order valence-corrected chi connectivity index (χ3v) is 3.74. The van der Waals surface area contributed by atoms with Gasteiger partial charge in [0.1, 0.15) is 0 Å². The predicted molar refractivity (Wildman–Crippen MR) is 84.0 cm³/mol. The number of carbonyl (C=O) groups excluding carboxylic acids is 1. The van der Waals surface area contributed by atoms with Crippen molar-refractivity contribution in [1.82, 2.24) is 9.80 Å². The first-order valence-electron chi connectivity index (χ1n) is 6.59. The van der Waals surface area contributed by atoms with Gasteiger partial charge in [0.25, 0.3) is 5.91 Å². The average molecular weight is 316 g/mol. The Morgan fingerprint density at radius 2 is 2.09 bits per heavy atom. The quantitative estimate of drug-likeness (QED) is 0.880. The molecule has 2 aliphatic rings. The van der Waals surface area contributed by atoms with E-state index in [0.29, 0.717) is 17.3 Å². The number of halogens is 1. The van der Waals surface area contributed by atoms with Gasteiger partial charge >= 0.3 is 0 Å². The first kappa shape index (κ1) is 14.3. The molecule has 2 heterocycles. The highest BCUT2D eigenvalue weighted by Crippen LogP contribution is 2.30. The van der Waals surface area contributed by atoms with Crippen LogP contribution < -0.4 is 5.73 Å². The zero-order valence-electron chi connectivity index (χ0n) is 11.7. The summed E-state index contributed by atoms with van der Waals surface area (Å²) in [5.41, 5.74) is 7.35. The molecule has 1 aromatic carbocycles. The van der Waals surface area contributed by atoms with E-state index in [1.54, 1.807) is 30.7 Å². The monoisotopic (exact) mass is 315 g/mol. The third kappa shape index (κ3) is 2.35. The van der Waals surface area contributed by atoms with Crippen molar-refractivity contribution in [3.05, 3.63) is 82.8 Å². The zero-order valence-corrected chi connectivity index (χ0v) is 12.4. The first-order valence-corrected chi connectivity index (χ1v) is 6.97. The molecule has 0 unspecified atom stereocenters. The Bertz CT molecular complexity index is 764. The van der Waals surface area contributed by atoms with Gasteiger partial charge in [0.05, 0.1) is 12.2 Å². The van der Waals surface area contributed by atoms with Gasteiger partial charge in [0.2, 0.25) is 0 Å². The van der Waals surface area contributed by atoms with Crippen molar-refractivity contribution in [2.24, 2.45) is 5.73 Å². The number of benzene rings is 1. The number of fused-ring (bicyclic) bond motifs is 1. The van der Waals surface area contributed by atoms with E-state index in [4.69, 9.17) is 17.3 Å². The summed E-state index contributed by atoms with van der Waals surface area (Å²) in [4.78, 5) is 15.6. The molecule has 112 valence electrons. The fourth-order valence-corrected chi connectivity index (χ4v) is 2.55. The van der Waals surface area contributed by atoms with E-state index in [2.05, 4.69) is 6.58 Å². The van der Waals surface area contributed by atoms with Crippen molar-refractivity contribution in [2.45, 2.75) is 6.54 Å². The van der Waals surface area contributed by atoms with Gasteiger partial charge in [-0.2, -0.15) is 0 Å². The minimum Gasteiger partial charge on any atom is -0.505 e. The molecule has 6 heteroatoms. The number of rotatable bonds is 2. The summed E-state index contributed by atoms with van der Waals surface area (Å²) in [6, 6.07) is 7.27. The fraction of sp³-hybridized carbons (Fsp3) is 0.0625. The predicted octanol–water partition coefficient (Wildman–Crippen LogP) is 2.59. The van der Waals surface area contributed by atoms with Gasteiger partial charge in [-0.05, 0) is 17.7 Å². The molecule has 2 aliphatic heterocycles. The van der Waals surface area contributed by atoms with Crippen molar-refractivity contribution in [3.8, 4) is 0 Å². The summed E-state index contributed by atoms with van der Waals surface area (Å²) in [6.45, 7) is 4.04. The molecule has 1 amide bonds. The van der Waals surface area contributed by atoms with Crippen LogP contribution in [-0.4, -0.2) is 20.8 Å². The molecular weight excluding hydrogens is 302 g/mol. The maximum Gasteiger partial charge on any atom is 0.279 e. The molecule has 3 N–H and O–H groups in total. The van der Waals surface area contributed by atoms with Crippen molar-refractivity contribution in [2.75, 3.05) is 0 Å². The highest BCUT2D eigenvalue weighted by molar-refractivity contribution is 6.30. The molecule has 0 fully saturated rings. The number of carbonyl (C=O) groups is 1. The second-order valence-electron chi connectivity index (χ2n) is 5.03. The molecule has 0 saturated heterocycles. The minimum absolute atomic E-state index is 0.142. The Hall–Kier alpha value is -2.66. The summed E-state index contributed by atoms with van der Waals surface area (Å²) in [6.07, 6.45) is 4.86. The number of hydrogen-bond donors (Lipinski definition) is 2. The lowest BCUT2D eigenvalue weighted by atomic mass is 10.1. The van der Waals surface area contributed by atoms with Crippen LogP contribution in [0.2, 0.25) is 5.02 Å². The zero-order chi connectivity index (χ0) is 15.9. The van der Waals surface area contributed by atoms with Crippen LogP contribution in [0.25, 0.3) is 0 Å². The van der Waals surface area contributed by atoms with Gasteiger partial charge in [0, 0.05) is 29.2 Å². The molecule has 0 spiro atoms. The van der Waals surface area contributed by atoms with E-state index in [9.17, 15) is 9.90 Å².